The maximum atomic E-state index is 9.93. The van der Waals surface area contributed by atoms with Crippen molar-refractivity contribution in [2.45, 2.75) is 5.75 Å². The molecule has 0 aliphatic heterocycles. The average Bonchev–Trinajstić information content (AvgIpc) is 2.00. The molecule has 0 N–H and O–H groups in total. The van der Waals surface area contributed by atoms with E-state index >= 15 is 0 Å². The van der Waals surface area contributed by atoms with Crippen LogP contribution in [0.5, 0.6) is 0 Å². The van der Waals surface area contributed by atoms with Gasteiger partial charge in [0.25, 0.3) is 0 Å². The van der Waals surface area contributed by atoms with Gasteiger partial charge < -0.3 is 0 Å². The maximum Gasteiger partial charge on any atom is 0.128 e. The van der Waals surface area contributed by atoms with Gasteiger partial charge in [-0.2, -0.15) is 0 Å². The van der Waals surface area contributed by atoms with E-state index in [1.165, 1.54) is 5.56 Å². The van der Waals surface area contributed by atoms with E-state index in [9.17, 15) is 16.9 Å². The molecule has 1 aromatic carbocycles. The SMILES string of the molecule is [F][Sb-]([F])([F])([F])([F])[F].[SH2+]Cc1ccccc1. The molecule has 0 saturated heterocycles. The number of halogens is 6. The van der Waals surface area contributed by atoms with E-state index in [1.54, 1.807) is 0 Å². The van der Waals surface area contributed by atoms with Gasteiger partial charge in [-0.05, 0) is 12.6 Å². The summed E-state index contributed by atoms with van der Waals surface area (Å²) in [6.07, 6.45) is 0. The monoisotopic (exact) mass is 360 g/mol. The van der Waals surface area contributed by atoms with Crippen LogP contribution in [0, 0.1) is 0 Å². The molecule has 1 rings (SSSR count). The summed E-state index contributed by atoms with van der Waals surface area (Å²) in [5.74, 6) is 0.945. The van der Waals surface area contributed by atoms with Crippen molar-refractivity contribution < 1.29 is 16.9 Å². The molecule has 90 valence electrons. The Balaban J connectivity index is 0.000000265. The molecule has 0 bridgehead atoms. The van der Waals surface area contributed by atoms with Crippen LogP contribution in [0.4, 0.5) is 16.9 Å². The summed E-state index contributed by atoms with van der Waals surface area (Å²) < 4.78 is 59.6. The summed E-state index contributed by atoms with van der Waals surface area (Å²) in [7, 11) is 0. The fourth-order valence-electron chi connectivity index (χ4n) is 0.596. The van der Waals surface area contributed by atoms with Crippen LogP contribution < -0.4 is 0 Å². The number of benzene rings is 1. The van der Waals surface area contributed by atoms with Crippen molar-refractivity contribution >= 4 is 32.1 Å². The summed E-state index contributed by atoms with van der Waals surface area (Å²) in [6, 6.07) is 10.3. The molecule has 0 unspecified atom stereocenters. The Morgan fingerprint density at radius 1 is 0.867 bits per heavy atom. The van der Waals surface area contributed by atoms with Crippen LogP contribution in [0.1, 0.15) is 5.56 Å². The first-order chi connectivity index (χ1) is 6.38. The van der Waals surface area contributed by atoms with Gasteiger partial charge in [0.2, 0.25) is 0 Å². The van der Waals surface area contributed by atoms with E-state index in [4.69, 9.17) is 0 Å². The molecule has 0 fully saturated rings. The molecule has 0 saturated carbocycles. The minimum Gasteiger partial charge on any atom is -0.0622 e. The predicted molar refractivity (Wildman–Crippen MR) is 52.7 cm³/mol. The third-order valence-corrected chi connectivity index (χ3v) is 1.46. The van der Waals surface area contributed by atoms with E-state index < -0.39 is 19.5 Å². The number of hydrogen-bond donors (Lipinski definition) is 0. The van der Waals surface area contributed by atoms with Gasteiger partial charge in [0, 0.05) is 5.56 Å². The van der Waals surface area contributed by atoms with Gasteiger partial charge in [-0.25, -0.2) is 0 Å². The first-order valence-corrected chi connectivity index (χ1v) is 10.1. The molecule has 0 nitrogen and oxygen atoms in total. The van der Waals surface area contributed by atoms with Gasteiger partial charge in [-0.1, -0.05) is 30.3 Å². The van der Waals surface area contributed by atoms with Crippen LogP contribution >= 0.6 is 0 Å². The third-order valence-electron chi connectivity index (χ3n) is 1.05. The summed E-state index contributed by atoms with van der Waals surface area (Å²) in [5.41, 5.74) is 1.32. The zero-order chi connectivity index (χ0) is 12.2. The molecule has 0 heterocycles. The quantitative estimate of drug-likeness (QED) is 0.409. The van der Waals surface area contributed by atoms with Gasteiger partial charge in [-0.15, -0.1) is 0 Å². The van der Waals surface area contributed by atoms with Crippen molar-refractivity contribution in [1.29, 1.82) is 0 Å². The Bertz CT molecular complexity index is 292. The van der Waals surface area contributed by atoms with E-state index in [0.717, 1.165) is 5.75 Å². The summed E-state index contributed by atoms with van der Waals surface area (Å²) >= 11 is -7.85. The first-order valence-electron chi connectivity index (χ1n) is 3.63. The summed E-state index contributed by atoms with van der Waals surface area (Å²) in [6.45, 7) is 0. The normalized spacial score (nSPS) is 15.7. The van der Waals surface area contributed by atoms with Crippen molar-refractivity contribution in [3.63, 3.8) is 0 Å². The zero-order valence-corrected chi connectivity index (χ0v) is 10.9. The maximum absolute atomic E-state index is 11.2. The molecular formula is C7H9F6SSb. The van der Waals surface area contributed by atoms with Crippen molar-refractivity contribution in [2.24, 2.45) is 0 Å². The summed E-state index contributed by atoms with van der Waals surface area (Å²) in [4.78, 5) is 0. The van der Waals surface area contributed by atoms with Crippen molar-refractivity contribution in [2.75, 3.05) is 0 Å². The topological polar surface area (TPSA) is 0 Å². The Morgan fingerprint density at radius 3 is 1.40 bits per heavy atom. The van der Waals surface area contributed by atoms with E-state index in [1.807, 2.05) is 18.2 Å². The van der Waals surface area contributed by atoms with Gasteiger partial charge >= 0.3 is 36.4 Å². The van der Waals surface area contributed by atoms with Crippen LogP contribution in [0.15, 0.2) is 30.3 Å². The Kier molecular flexibility index (Phi) is 4.08. The van der Waals surface area contributed by atoms with Gasteiger partial charge in [0.05, 0.1) is 0 Å². The second-order valence-electron chi connectivity index (χ2n) is 2.62. The molecule has 1 aromatic rings. The zero-order valence-electron chi connectivity index (χ0n) is 7.31. The fourth-order valence-corrected chi connectivity index (χ4v) is 0.832. The average molecular weight is 361 g/mol. The molecule has 0 radical (unpaired) electrons. The number of hydrogen-bond acceptors (Lipinski definition) is 0. The van der Waals surface area contributed by atoms with Crippen LogP contribution in [-0.2, 0) is 18.4 Å². The molecule has 0 atom stereocenters. The van der Waals surface area contributed by atoms with Gasteiger partial charge in [-0.3, -0.25) is 0 Å². The van der Waals surface area contributed by atoms with Crippen LogP contribution in [0.3, 0.4) is 0 Å². The molecule has 0 aliphatic carbocycles. The predicted octanol–water partition coefficient (Wildman–Crippen LogP) is 3.34. The fraction of sp³-hybridized carbons (Fsp3) is 0.143. The minimum atomic E-state index is -11.2. The minimum absolute atomic E-state index is 0.945. The van der Waals surface area contributed by atoms with Crippen molar-refractivity contribution in [3.05, 3.63) is 35.9 Å². The van der Waals surface area contributed by atoms with Crippen LogP contribution in [0.2, 0.25) is 0 Å². The second-order valence-corrected chi connectivity index (χ2v) is 8.44. The van der Waals surface area contributed by atoms with Crippen LogP contribution in [0.25, 0.3) is 0 Å². The number of rotatable bonds is 1. The van der Waals surface area contributed by atoms with Crippen molar-refractivity contribution in [3.8, 4) is 0 Å². The molecule has 8 heteroatoms. The molecule has 0 amide bonds. The van der Waals surface area contributed by atoms with Crippen molar-refractivity contribution in [1.82, 2.24) is 0 Å². The second kappa shape index (κ2) is 4.09. The van der Waals surface area contributed by atoms with Gasteiger partial charge in [0.1, 0.15) is 5.75 Å². The third kappa shape index (κ3) is 20.1. The Morgan fingerprint density at radius 2 is 1.20 bits per heavy atom. The Hall–Kier alpha value is -0.0318. The van der Waals surface area contributed by atoms with Gasteiger partial charge in [0.15, 0.2) is 0 Å². The van der Waals surface area contributed by atoms with Crippen LogP contribution in [-0.4, -0.2) is 19.5 Å². The smallest absolute Gasteiger partial charge is 0.0622 e. The standard InChI is InChI=1S/C7H8S.6FH.Sb/c8-6-7-4-2-1-3-5-7;;;;;;;/h1-5,8H,6H2;6*1H;/q;;;;;;;+5/p-5. The molecule has 0 aliphatic rings. The molecule has 0 aromatic heterocycles. The summed E-state index contributed by atoms with van der Waals surface area (Å²) in [5, 5.41) is 0. The molecule has 15 heavy (non-hydrogen) atoms. The van der Waals surface area contributed by atoms with E-state index in [-0.39, 0.29) is 0 Å². The first kappa shape index (κ1) is 15.0. The molecule has 0 spiro atoms. The Labute approximate surface area is 90.6 Å². The molecular weight excluding hydrogens is 352 g/mol. The van der Waals surface area contributed by atoms with E-state index in [2.05, 4.69) is 24.8 Å². The largest absolute Gasteiger partial charge is 0.128 e. The van der Waals surface area contributed by atoms with E-state index in [0.29, 0.717) is 0 Å².